The van der Waals surface area contributed by atoms with Crippen LogP contribution in [0.1, 0.15) is 5.56 Å². The van der Waals surface area contributed by atoms with Crippen LogP contribution in [0.3, 0.4) is 0 Å². The number of hydrogen-bond acceptors (Lipinski definition) is 4. The highest BCUT2D eigenvalue weighted by atomic mass is 32.2. The third-order valence-electron chi connectivity index (χ3n) is 2.37. The zero-order valence-corrected chi connectivity index (χ0v) is 9.82. The lowest BCUT2D eigenvalue weighted by atomic mass is 10.2. The molecular formula is C11H11NO4S. The standard InChI is InChI=1S/C11H11NO4S/c1-7-2-4-8(5-3-7)17(15,16)9-6-10(13)12-11(9)14/h2-6,12-14H,1H3. The van der Waals surface area contributed by atoms with E-state index in [1.54, 1.807) is 12.1 Å². The maximum Gasteiger partial charge on any atom is 0.212 e. The molecule has 0 amide bonds. The fourth-order valence-corrected chi connectivity index (χ4v) is 2.78. The molecule has 0 saturated carbocycles. The summed E-state index contributed by atoms with van der Waals surface area (Å²) in [4.78, 5) is 1.86. The summed E-state index contributed by atoms with van der Waals surface area (Å²) in [5, 5.41) is 18.5. The van der Waals surface area contributed by atoms with Gasteiger partial charge in [-0.05, 0) is 19.1 Å². The van der Waals surface area contributed by atoms with Crippen molar-refractivity contribution >= 4 is 9.84 Å². The minimum absolute atomic E-state index is 0.0670. The summed E-state index contributed by atoms with van der Waals surface area (Å²) in [6, 6.07) is 7.21. The monoisotopic (exact) mass is 253 g/mol. The molecule has 1 aromatic carbocycles. The first kappa shape index (κ1) is 11.5. The van der Waals surface area contributed by atoms with Gasteiger partial charge in [0.05, 0.1) is 4.90 Å². The number of aryl methyl sites for hydroxylation is 1. The first-order valence-corrected chi connectivity index (χ1v) is 6.32. The van der Waals surface area contributed by atoms with Crippen LogP contribution in [0.5, 0.6) is 11.8 Å². The normalized spacial score (nSPS) is 11.6. The van der Waals surface area contributed by atoms with Gasteiger partial charge in [-0.1, -0.05) is 17.7 Å². The molecule has 17 heavy (non-hydrogen) atoms. The van der Waals surface area contributed by atoms with Crippen molar-refractivity contribution < 1.29 is 18.6 Å². The van der Waals surface area contributed by atoms with E-state index in [4.69, 9.17) is 5.11 Å². The molecule has 1 heterocycles. The van der Waals surface area contributed by atoms with Crippen LogP contribution in [-0.4, -0.2) is 23.6 Å². The summed E-state index contributed by atoms with van der Waals surface area (Å²) in [5.74, 6) is -0.962. The van der Waals surface area contributed by atoms with Gasteiger partial charge in [0.15, 0.2) is 5.88 Å². The van der Waals surface area contributed by atoms with Crippen molar-refractivity contribution in [1.29, 1.82) is 0 Å². The van der Waals surface area contributed by atoms with E-state index in [0.29, 0.717) is 0 Å². The molecule has 0 radical (unpaired) electrons. The lowest BCUT2D eigenvalue weighted by Gasteiger charge is -2.02. The Bertz CT molecular complexity index is 641. The topological polar surface area (TPSA) is 90.4 Å². The summed E-state index contributed by atoms with van der Waals surface area (Å²) < 4.78 is 24.2. The Morgan fingerprint density at radius 2 is 1.71 bits per heavy atom. The minimum Gasteiger partial charge on any atom is -0.494 e. The lowest BCUT2D eigenvalue weighted by Crippen LogP contribution is -2.00. The predicted octanol–water partition coefficient (Wildman–Crippen LogP) is 1.57. The van der Waals surface area contributed by atoms with Gasteiger partial charge >= 0.3 is 0 Å². The largest absolute Gasteiger partial charge is 0.494 e. The molecular weight excluding hydrogens is 242 g/mol. The van der Waals surface area contributed by atoms with Crippen molar-refractivity contribution in [3.8, 4) is 11.8 Å². The molecule has 5 nitrogen and oxygen atoms in total. The van der Waals surface area contributed by atoms with Crippen molar-refractivity contribution in [2.45, 2.75) is 16.7 Å². The minimum atomic E-state index is -3.81. The number of H-pyrrole nitrogens is 1. The van der Waals surface area contributed by atoms with Crippen molar-refractivity contribution in [3.05, 3.63) is 35.9 Å². The molecule has 0 saturated heterocycles. The Balaban J connectivity index is 2.57. The molecule has 0 atom stereocenters. The van der Waals surface area contributed by atoms with E-state index in [2.05, 4.69) is 4.98 Å². The van der Waals surface area contributed by atoms with Crippen LogP contribution in [0.4, 0.5) is 0 Å². The van der Waals surface area contributed by atoms with Crippen molar-refractivity contribution in [2.75, 3.05) is 0 Å². The van der Waals surface area contributed by atoms with E-state index in [1.807, 2.05) is 6.92 Å². The quantitative estimate of drug-likeness (QED) is 0.757. The van der Waals surface area contributed by atoms with E-state index in [0.717, 1.165) is 11.6 Å². The van der Waals surface area contributed by atoms with Gasteiger partial charge in [0.1, 0.15) is 4.90 Å². The summed E-state index contributed by atoms with van der Waals surface area (Å²) >= 11 is 0. The highest BCUT2D eigenvalue weighted by Crippen LogP contribution is 2.31. The summed E-state index contributed by atoms with van der Waals surface area (Å²) in [5.41, 5.74) is 0.935. The number of aromatic nitrogens is 1. The van der Waals surface area contributed by atoms with Gasteiger partial charge in [-0.25, -0.2) is 8.42 Å². The zero-order chi connectivity index (χ0) is 12.6. The number of hydrogen-bond donors (Lipinski definition) is 3. The fraction of sp³-hybridized carbons (Fsp3) is 0.0909. The van der Waals surface area contributed by atoms with Crippen molar-refractivity contribution in [1.82, 2.24) is 4.98 Å². The molecule has 2 aromatic rings. The van der Waals surface area contributed by atoms with Gasteiger partial charge in [-0.3, -0.25) is 4.98 Å². The summed E-state index contributed by atoms with van der Waals surface area (Å²) in [6.45, 7) is 1.84. The third-order valence-corrected chi connectivity index (χ3v) is 4.15. The van der Waals surface area contributed by atoms with Crippen LogP contribution >= 0.6 is 0 Å². The van der Waals surface area contributed by atoms with Crippen LogP contribution in [0.2, 0.25) is 0 Å². The predicted molar refractivity (Wildman–Crippen MR) is 60.8 cm³/mol. The molecule has 0 unspecified atom stereocenters. The number of nitrogens with one attached hydrogen (secondary N) is 1. The number of aromatic amines is 1. The van der Waals surface area contributed by atoms with E-state index in [9.17, 15) is 13.5 Å². The molecule has 0 aliphatic rings. The highest BCUT2D eigenvalue weighted by Gasteiger charge is 2.23. The summed E-state index contributed by atoms with van der Waals surface area (Å²) in [7, 11) is -3.81. The fourth-order valence-electron chi connectivity index (χ4n) is 1.46. The molecule has 6 heteroatoms. The van der Waals surface area contributed by atoms with Gasteiger partial charge < -0.3 is 10.2 Å². The molecule has 1 aromatic heterocycles. The zero-order valence-electron chi connectivity index (χ0n) is 9.01. The van der Waals surface area contributed by atoms with E-state index >= 15 is 0 Å². The van der Waals surface area contributed by atoms with Crippen LogP contribution in [0, 0.1) is 6.92 Å². The second kappa shape index (κ2) is 3.81. The molecule has 90 valence electrons. The van der Waals surface area contributed by atoms with Crippen LogP contribution < -0.4 is 0 Å². The maximum atomic E-state index is 12.1. The molecule has 0 fully saturated rings. The SMILES string of the molecule is Cc1ccc(S(=O)(=O)c2cc(O)[nH]c2O)cc1. The van der Waals surface area contributed by atoms with Crippen molar-refractivity contribution in [3.63, 3.8) is 0 Å². The first-order valence-electron chi connectivity index (χ1n) is 4.84. The lowest BCUT2D eigenvalue weighted by molar-refractivity contribution is 0.420. The van der Waals surface area contributed by atoms with Crippen molar-refractivity contribution in [2.24, 2.45) is 0 Å². The van der Waals surface area contributed by atoms with E-state index in [1.165, 1.54) is 12.1 Å². The highest BCUT2D eigenvalue weighted by molar-refractivity contribution is 7.91. The number of sulfone groups is 1. The number of rotatable bonds is 2. The Morgan fingerprint density at radius 1 is 1.12 bits per heavy atom. The molecule has 2 rings (SSSR count). The smallest absolute Gasteiger partial charge is 0.212 e. The summed E-state index contributed by atoms with van der Waals surface area (Å²) in [6.07, 6.45) is 0. The first-order chi connectivity index (χ1) is 7.91. The second-order valence-corrected chi connectivity index (χ2v) is 5.60. The Labute approximate surface area is 98.3 Å². The maximum absolute atomic E-state index is 12.1. The Kier molecular flexibility index (Phi) is 2.59. The van der Waals surface area contributed by atoms with Gasteiger partial charge in [-0.15, -0.1) is 0 Å². The average Bonchev–Trinajstić information content (AvgIpc) is 2.59. The van der Waals surface area contributed by atoms with Crippen LogP contribution in [0.15, 0.2) is 40.1 Å². The van der Waals surface area contributed by atoms with Gasteiger partial charge in [0.25, 0.3) is 0 Å². The van der Waals surface area contributed by atoms with E-state index < -0.39 is 21.6 Å². The van der Waals surface area contributed by atoms with Crippen LogP contribution in [0.25, 0.3) is 0 Å². The molecule has 0 bridgehead atoms. The number of benzene rings is 1. The van der Waals surface area contributed by atoms with Gasteiger partial charge in [-0.2, -0.15) is 0 Å². The molecule has 3 N–H and O–H groups in total. The molecule has 0 spiro atoms. The Morgan fingerprint density at radius 3 is 2.18 bits per heavy atom. The van der Waals surface area contributed by atoms with Crippen LogP contribution in [-0.2, 0) is 9.84 Å². The Hall–Kier alpha value is -1.95. The molecule has 0 aliphatic carbocycles. The average molecular weight is 253 g/mol. The second-order valence-electron chi connectivity index (χ2n) is 3.68. The molecule has 0 aliphatic heterocycles. The van der Waals surface area contributed by atoms with E-state index in [-0.39, 0.29) is 9.79 Å². The van der Waals surface area contributed by atoms with Gasteiger partial charge in [0.2, 0.25) is 15.7 Å². The van der Waals surface area contributed by atoms with Gasteiger partial charge in [0, 0.05) is 6.07 Å². The number of aromatic hydroxyl groups is 2. The third kappa shape index (κ3) is 1.99.